The van der Waals surface area contributed by atoms with Crippen molar-refractivity contribution in [2.24, 2.45) is 11.5 Å². The molecule has 0 aliphatic carbocycles. The minimum Gasteiger partial charge on any atom is -0.346 e. The predicted octanol–water partition coefficient (Wildman–Crippen LogP) is 0.920. The van der Waals surface area contributed by atoms with Gasteiger partial charge in [-0.25, -0.2) is 4.79 Å². The molecule has 0 amide bonds. The van der Waals surface area contributed by atoms with Gasteiger partial charge in [-0.2, -0.15) is 0 Å². The molecule has 4 nitrogen and oxygen atoms in total. The molecule has 0 saturated heterocycles. The Bertz CT molecular complexity index is 162. The second-order valence-electron chi connectivity index (χ2n) is 3.38. The van der Waals surface area contributed by atoms with E-state index >= 15 is 0 Å². The molecular formula is C8H17ClN2O2. The quantitative estimate of drug-likeness (QED) is 0.637. The molecule has 0 heterocycles. The van der Waals surface area contributed by atoms with Crippen LogP contribution >= 0.6 is 11.9 Å². The van der Waals surface area contributed by atoms with E-state index in [-0.39, 0.29) is 0 Å². The van der Waals surface area contributed by atoms with E-state index in [9.17, 15) is 4.79 Å². The second-order valence-corrected chi connectivity index (χ2v) is 3.54. The lowest BCUT2D eigenvalue weighted by Gasteiger charge is -2.19. The Morgan fingerprint density at radius 3 is 2.54 bits per heavy atom. The summed E-state index contributed by atoms with van der Waals surface area (Å²) in [7, 11) is 0. The molecule has 0 aliphatic rings. The van der Waals surface area contributed by atoms with Gasteiger partial charge < -0.3 is 15.8 Å². The second kappa shape index (κ2) is 6.18. The van der Waals surface area contributed by atoms with Crippen LogP contribution in [0.25, 0.3) is 0 Å². The van der Waals surface area contributed by atoms with Crippen molar-refractivity contribution in [3.8, 4) is 0 Å². The molecule has 13 heavy (non-hydrogen) atoms. The Kier molecular flexibility index (Phi) is 6.03. The van der Waals surface area contributed by atoms with Crippen LogP contribution in [0.3, 0.4) is 0 Å². The zero-order valence-corrected chi connectivity index (χ0v) is 8.64. The summed E-state index contributed by atoms with van der Waals surface area (Å²) in [4.78, 5) is 11.0. The number of rotatable bonds is 6. The minimum atomic E-state index is -0.976. The molecule has 0 radical (unpaired) electrons. The average Bonchev–Trinajstić information content (AvgIpc) is 2.11. The summed E-state index contributed by atoms with van der Waals surface area (Å²) in [6.45, 7) is 2.28. The molecule has 4 N–H and O–H groups in total. The molecule has 0 aromatic heterocycles. The van der Waals surface area contributed by atoms with Crippen LogP contribution in [0, 0.1) is 0 Å². The van der Waals surface area contributed by atoms with E-state index in [0.29, 0.717) is 13.0 Å². The summed E-state index contributed by atoms with van der Waals surface area (Å²) < 4.78 is 4.06. The molecule has 0 aromatic carbocycles. The van der Waals surface area contributed by atoms with Gasteiger partial charge in [-0.15, -0.1) is 0 Å². The molecule has 5 heteroatoms. The number of hydrogen-bond acceptors (Lipinski definition) is 4. The van der Waals surface area contributed by atoms with Crippen LogP contribution in [0.4, 0.5) is 0 Å². The molecule has 78 valence electrons. The van der Waals surface area contributed by atoms with Crippen LogP contribution in [-0.4, -0.2) is 18.1 Å². The number of unbranched alkanes of at least 4 members (excludes halogenated alkanes) is 2. The Labute approximate surface area is 83.7 Å². The van der Waals surface area contributed by atoms with Gasteiger partial charge in [-0.05, 0) is 26.3 Å². The molecule has 0 bridgehead atoms. The molecule has 1 atom stereocenters. The monoisotopic (exact) mass is 208 g/mol. The third-order valence-corrected chi connectivity index (χ3v) is 2.08. The Morgan fingerprint density at radius 1 is 1.46 bits per heavy atom. The summed E-state index contributed by atoms with van der Waals surface area (Å²) in [6, 6.07) is 0. The van der Waals surface area contributed by atoms with Crippen LogP contribution < -0.4 is 11.5 Å². The first-order chi connectivity index (χ1) is 6.04. The highest BCUT2D eigenvalue weighted by molar-refractivity contribution is 6.14. The lowest BCUT2D eigenvalue weighted by atomic mass is 9.96. The van der Waals surface area contributed by atoms with Crippen molar-refractivity contribution >= 4 is 17.8 Å². The molecule has 0 saturated carbocycles. The maximum Gasteiger partial charge on any atom is 0.344 e. The molecule has 0 aliphatic heterocycles. The SMILES string of the molecule is C[C@](N)(CCCCCN)C(=O)OCl. The largest absolute Gasteiger partial charge is 0.346 e. The highest BCUT2D eigenvalue weighted by atomic mass is 35.5. The van der Waals surface area contributed by atoms with Crippen LogP contribution in [0.1, 0.15) is 32.6 Å². The van der Waals surface area contributed by atoms with E-state index in [1.54, 1.807) is 6.92 Å². The van der Waals surface area contributed by atoms with Gasteiger partial charge in [0.15, 0.2) is 0 Å². The van der Waals surface area contributed by atoms with E-state index in [0.717, 1.165) is 19.3 Å². The fourth-order valence-electron chi connectivity index (χ4n) is 1.00. The number of nitrogens with two attached hydrogens (primary N) is 2. The highest BCUT2D eigenvalue weighted by Gasteiger charge is 2.29. The zero-order chi connectivity index (χ0) is 10.3. The molecule has 0 aromatic rings. The summed E-state index contributed by atoms with van der Waals surface area (Å²) in [5.41, 5.74) is 10.0. The average molecular weight is 209 g/mol. The zero-order valence-electron chi connectivity index (χ0n) is 7.88. The number of halogens is 1. The van der Waals surface area contributed by atoms with Gasteiger partial charge in [0.05, 0.1) is 0 Å². The number of hydrogen-bond donors (Lipinski definition) is 2. The highest BCUT2D eigenvalue weighted by Crippen LogP contribution is 2.14. The van der Waals surface area contributed by atoms with Crippen LogP contribution in [0.2, 0.25) is 0 Å². The van der Waals surface area contributed by atoms with Gasteiger partial charge in [0.2, 0.25) is 0 Å². The fourth-order valence-corrected chi connectivity index (χ4v) is 1.18. The van der Waals surface area contributed by atoms with Crippen molar-refractivity contribution < 1.29 is 9.08 Å². The van der Waals surface area contributed by atoms with Crippen LogP contribution in [0.5, 0.6) is 0 Å². The van der Waals surface area contributed by atoms with Crippen molar-refractivity contribution in [3.05, 3.63) is 0 Å². The van der Waals surface area contributed by atoms with Crippen LogP contribution in [0.15, 0.2) is 0 Å². The Morgan fingerprint density at radius 2 is 2.08 bits per heavy atom. The number of carbonyl (C=O) groups is 1. The Balaban J connectivity index is 3.69. The van der Waals surface area contributed by atoms with Crippen molar-refractivity contribution in [1.82, 2.24) is 0 Å². The third kappa shape index (κ3) is 5.08. The molecular weight excluding hydrogens is 192 g/mol. The molecule has 0 fully saturated rings. The Hall–Kier alpha value is -0.320. The van der Waals surface area contributed by atoms with Gasteiger partial charge in [-0.3, -0.25) is 0 Å². The van der Waals surface area contributed by atoms with E-state index < -0.39 is 11.5 Å². The van der Waals surface area contributed by atoms with Gasteiger partial charge in [0, 0.05) is 0 Å². The summed E-state index contributed by atoms with van der Waals surface area (Å²) >= 11 is 4.93. The molecule has 0 unspecified atom stereocenters. The standard InChI is InChI=1S/C8H17ClN2O2/c1-8(11,7(12)13-9)5-3-2-4-6-10/h2-6,10-11H2,1H3/t8-/m0/s1. The van der Waals surface area contributed by atoms with Crippen molar-refractivity contribution in [1.29, 1.82) is 0 Å². The maximum atomic E-state index is 11.0. The summed E-state index contributed by atoms with van der Waals surface area (Å²) in [6.07, 6.45) is 3.35. The van der Waals surface area contributed by atoms with Crippen molar-refractivity contribution in [2.75, 3.05) is 6.54 Å². The van der Waals surface area contributed by atoms with Crippen molar-refractivity contribution in [3.63, 3.8) is 0 Å². The predicted molar refractivity (Wildman–Crippen MR) is 52.1 cm³/mol. The van der Waals surface area contributed by atoms with Crippen LogP contribution in [-0.2, 0) is 9.08 Å². The number of carbonyl (C=O) groups excluding carboxylic acids is 1. The van der Waals surface area contributed by atoms with E-state index in [1.807, 2.05) is 0 Å². The van der Waals surface area contributed by atoms with Gasteiger partial charge in [-0.1, -0.05) is 12.8 Å². The fraction of sp³-hybridized carbons (Fsp3) is 0.875. The summed E-state index contributed by atoms with van der Waals surface area (Å²) in [5, 5.41) is 0. The molecule has 0 spiro atoms. The lowest BCUT2D eigenvalue weighted by molar-refractivity contribution is -0.139. The van der Waals surface area contributed by atoms with Gasteiger partial charge in [0.1, 0.15) is 17.4 Å². The molecule has 0 rings (SSSR count). The van der Waals surface area contributed by atoms with Crippen molar-refractivity contribution in [2.45, 2.75) is 38.1 Å². The van der Waals surface area contributed by atoms with Gasteiger partial charge in [0.25, 0.3) is 0 Å². The first-order valence-electron chi connectivity index (χ1n) is 4.36. The van der Waals surface area contributed by atoms with E-state index in [4.69, 9.17) is 23.3 Å². The maximum absolute atomic E-state index is 11.0. The topological polar surface area (TPSA) is 78.3 Å². The first-order valence-corrected chi connectivity index (χ1v) is 4.67. The summed E-state index contributed by atoms with van der Waals surface area (Å²) in [5.74, 6) is -0.582. The van der Waals surface area contributed by atoms with Gasteiger partial charge >= 0.3 is 5.97 Å². The van der Waals surface area contributed by atoms with E-state index in [2.05, 4.69) is 4.29 Å². The van der Waals surface area contributed by atoms with E-state index in [1.165, 1.54) is 0 Å². The lowest BCUT2D eigenvalue weighted by Crippen LogP contribution is -2.45. The third-order valence-electron chi connectivity index (χ3n) is 1.94. The first kappa shape index (κ1) is 12.7. The smallest absolute Gasteiger partial charge is 0.344 e. The minimum absolute atomic E-state index is 0.568. The normalized spacial score (nSPS) is 15.1.